The molecule has 0 heterocycles. The minimum atomic E-state index is -4.90. The fourth-order valence-corrected chi connectivity index (χ4v) is 3.58. The van der Waals surface area contributed by atoms with Crippen molar-refractivity contribution in [3.8, 4) is 0 Å². The molecule has 0 saturated heterocycles. The lowest BCUT2D eigenvalue weighted by atomic mass is 10.0. The number of hydrogen-bond donors (Lipinski definition) is 0. The van der Waals surface area contributed by atoms with E-state index in [1.807, 2.05) is 60.3 Å². The Morgan fingerprint density at radius 1 is 0.808 bits per heavy atom. The van der Waals surface area contributed by atoms with Gasteiger partial charge in [-0.05, 0) is 73.6 Å². The highest BCUT2D eigenvalue weighted by atomic mass is 19.4. The van der Waals surface area contributed by atoms with Crippen molar-refractivity contribution in [3.05, 3.63) is 23.8 Å². The largest absolute Gasteiger partial charge is 0.454 e. The molecule has 0 fully saturated rings. The molecule has 148 valence electrons. The van der Waals surface area contributed by atoms with Crippen LogP contribution in [0.2, 0.25) is 0 Å². The van der Waals surface area contributed by atoms with Gasteiger partial charge < -0.3 is 9.80 Å². The maximum absolute atomic E-state index is 13.1. The molecule has 0 aromatic heterocycles. The van der Waals surface area contributed by atoms with Crippen LogP contribution in [0, 0.1) is 0 Å². The fourth-order valence-electron chi connectivity index (χ4n) is 3.58. The van der Waals surface area contributed by atoms with E-state index < -0.39 is 12.0 Å². The minimum absolute atomic E-state index is 0.0448. The molecular formula is C20H31F3N2O. The molecule has 0 bridgehead atoms. The topological polar surface area (TPSA) is 23.6 Å². The smallest absolute Gasteiger partial charge is 0.367 e. The Morgan fingerprint density at radius 3 is 1.58 bits per heavy atom. The molecule has 0 aliphatic carbocycles. The number of carbonyl (C=O) groups excluding carboxylic acids is 1. The van der Waals surface area contributed by atoms with Crippen molar-refractivity contribution >= 4 is 17.2 Å². The second kappa shape index (κ2) is 8.31. The molecule has 0 aliphatic rings. The zero-order valence-electron chi connectivity index (χ0n) is 17.0. The number of hydrogen-bond acceptors (Lipinski definition) is 3. The summed E-state index contributed by atoms with van der Waals surface area (Å²) in [4.78, 5) is 16.0. The highest BCUT2D eigenvalue weighted by molar-refractivity contribution is 6.05. The Morgan fingerprint density at radius 2 is 1.23 bits per heavy atom. The van der Waals surface area contributed by atoms with Gasteiger partial charge in [-0.1, -0.05) is 0 Å². The van der Waals surface area contributed by atoms with E-state index in [9.17, 15) is 18.0 Å². The third kappa shape index (κ3) is 4.92. The molecule has 0 saturated carbocycles. The summed E-state index contributed by atoms with van der Waals surface area (Å²) >= 11 is 0. The molecule has 0 N–H and O–H groups in total. The lowest BCUT2D eigenvalue weighted by Crippen LogP contribution is -2.40. The number of rotatable bonds is 7. The Kier molecular flexibility index (Phi) is 7.14. The summed E-state index contributed by atoms with van der Waals surface area (Å²) in [6, 6.07) is 4.92. The van der Waals surface area contributed by atoms with Crippen molar-refractivity contribution in [3.63, 3.8) is 0 Å². The van der Waals surface area contributed by atoms with Gasteiger partial charge >= 0.3 is 6.18 Å². The van der Waals surface area contributed by atoms with Crippen LogP contribution in [0.15, 0.2) is 18.2 Å². The predicted molar refractivity (Wildman–Crippen MR) is 102 cm³/mol. The summed E-state index contributed by atoms with van der Waals surface area (Å²) in [5.74, 6) is -1.80. The quantitative estimate of drug-likeness (QED) is 0.576. The molecule has 0 atom stereocenters. The van der Waals surface area contributed by atoms with Gasteiger partial charge in [0.15, 0.2) is 0 Å². The van der Waals surface area contributed by atoms with Crippen molar-refractivity contribution in [2.24, 2.45) is 0 Å². The average molecular weight is 372 g/mol. The third-order valence-corrected chi connectivity index (χ3v) is 4.29. The van der Waals surface area contributed by atoms with Crippen molar-refractivity contribution in [2.75, 3.05) is 9.80 Å². The predicted octanol–water partition coefficient (Wildman–Crippen LogP) is 5.68. The molecule has 0 radical (unpaired) electrons. The summed E-state index contributed by atoms with van der Waals surface area (Å²) in [5.41, 5.74) is 0.854. The first kappa shape index (κ1) is 22.3. The van der Waals surface area contributed by atoms with Crippen molar-refractivity contribution < 1.29 is 18.0 Å². The molecule has 1 aromatic carbocycles. The molecule has 1 aromatic rings. The van der Waals surface area contributed by atoms with Gasteiger partial charge in [0.1, 0.15) is 0 Å². The maximum Gasteiger partial charge on any atom is 0.454 e. The first-order valence-corrected chi connectivity index (χ1v) is 9.11. The first-order valence-electron chi connectivity index (χ1n) is 9.11. The summed E-state index contributed by atoms with van der Waals surface area (Å²) < 4.78 is 39.4. The van der Waals surface area contributed by atoms with Crippen LogP contribution in [0.1, 0.15) is 65.7 Å². The van der Waals surface area contributed by atoms with Crippen LogP contribution in [0.25, 0.3) is 0 Å². The number of nitrogens with zero attached hydrogens (tertiary/aromatic N) is 2. The van der Waals surface area contributed by atoms with Crippen molar-refractivity contribution in [2.45, 2.75) is 85.7 Å². The first-order chi connectivity index (χ1) is 11.8. The summed E-state index contributed by atoms with van der Waals surface area (Å²) in [7, 11) is 0. The number of Topliss-reactive ketones (excluding diaryl/α,β-unsaturated/α-hetero) is 1. The van der Waals surface area contributed by atoms with Gasteiger partial charge in [-0.15, -0.1) is 0 Å². The van der Waals surface area contributed by atoms with Gasteiger partial charge in [-0.2, -0.15) is 13.2 Å². The molecule has 0 unspecified atom stereocenters. The lowest BCUT2D eigenvalue weighted by Gasteiger charge is -2.37. The van der Waals surface area contributed by atoms with Crippen molar-refractivity contribution in [1.82, 2.24) is 0 Å². The number of anilines is 2. The van der Waals surface area contributed by atoms with E-state index in [2.05, 4.69) is 4.90 Å². The van der Waals surface area contributed by atoms with Crippen LogP contribution in [-0.4, -0.2) is 36.1 Å². The SMILES string of the molecule is CC(C)N(c1ccc(C(=O)C(F)(F)F)c(N(C(C)C)C(C)C)c1)C(C)C. The number of alkyl halides is 3. The van der Waals surface area contributed by atoms with E-state index in [-0.39, 0.29) is 29.7 Å². The van der Waals surface area contributed by atoms with E-state index in [0.717, 1.165) is 5.69 Å². The van der Waals surface area contributed by atoms with Gasteiger partial charge in [-0.3, -0.25) is 4.79 Å². The lowest BCUT2D eigenvalue weighted by molar-refractivity contribution is -0.0884. The van der Waals surface area contributed by atoms with Gasteiger partial charge in [-0.25, -0.2) is 0 Å². The number of benzene rings is 1. The molecule has 0 aliphatic heterocycles. The van der Waals surface area contributed by atoms with Gasteiger partial charge in [0.2, 0.25) is 0 Å². The molecule has 0 spiro atoms. The van der Waals surface area contributed by atoms with E-state index in [1.54, 1.807) is 12.1 Å². The van der Waals surface area contributed by atoms with E-state index >= 15 is 0 Å². The van der Waals surface area contributed by atoms with Crippen LogP contribution in [0.3, 0.4) is 0 Å². The van der Waals surface area contributed by atoms with Crippen LogP contribution < -0.4 is 9.80 Å². The number of ketones is 1. The Balaban J connectivity index is 3.66. The zero-order chi connectivity index (χ0) is 20.4. The second-order valence-electron chi connectivity index (χ2n) is 7.72. The van der Waals surface area contributed by atoms with Gasteiger partial charge in [0.25, 0.3) is 5.78 Å². The Labute approximate surface area is 155 Å². The standard InChI is InChI=1S/C20H31F3N2O/c1-12(2)24(13(3)4)16-9-10-17(19(26)20(21,22)23)18(11-16)25(14(5)6)15(7)8/h9-15H,1-8H3. The van der Waals surface area contributed by atoms with Crippen molar-refractivity contribution in [1.29, 1.82) is 0 Å². The summed E-state index contributed by atoms with van der Waals surface area (Å²) in [6.45, 7) is 15.8. The van der Waals surface area contributed by atoms with E-state index in [0.29, 0.717) is 5.69 Å². The van der Waals surface area contributed by atoms with Gasteiger partial charge in [0.05, 0.1) is 11.3 Å². The zero-order valence-corrected chi connectivity index (χ0v) is 17.0. The third-order valence-electron chi connectivity index (χ3n) is 4.29. The second-order valence-corrected chi connectivity index (χ2v) is 7.72. The fraction of sp³-hybridized carbons (Fsp3) is 0.650. The molecular weight excluding hydrogens is 341 g/mol. The normalized spacial score (nSPS) is 12.4. The molecule has 1 rings (SSSR count). The van der Waals surface area contributed by atoms with E-state index in [1.165, 1.54) is 6.07 Å². The molecule has 6 heteroatoms. The Bertz CT molecular complexity index is 606. The highest BCUT2D eigenvalue weighted by Crippen LogP contribution is 2.35. The van der Waals surface area contributed by atoms with Crippen LogP contribution in [0.4, 0.5) is 24.5 Å². The van der Waals surface area contributed by atoms with E-state index in [4.69, 9.17) is 0 Å². The monoisotopic (exact) mass is 372 g/mol. The van der Waals surface area contributed by atoms with Crippen LogP contribution in [0.5, 0.6) is 0 Å². The van der Waals surface area contributed by atoms with Crippen LogP contribution in [-0.2, 0) is 0 Å². The molecule has 0 amide bonds. The summed E-state index contributed by atoms with van der Waals surface area (Å²) in [6.07, 6.45) is -4.90. The maximum atomic E-state index is 13.1. The Hall–Kier alpha value is -1.72. The molecule has 26 heavy (non-hydrogen) atoms. The minimum Gasteiger partial charge on any atom is -0.367 e. The highest BCUT2D eigenvalue weighted by Gasteiger charge is 2.41. The van der Waals surface area contributed by atoms with Gasteiger partial charge in [0, 0.05) is 29.9 Å². The molecule has 3 nitrogen and oxygen atoms in total. The number of halogens is 3. The number of carbonyl (C=O) groups is 1. The summed E-state index contributed by atoms with van der Waals surface area (Å²) in [5, 5.41) is 0. The average Bonchev–Trinajstić information content (AvgIpc) is 2.44. The van der Waals surface area contributed by atoms with Crippen LogP contribution >= 0.6 is 0 Å².